The Bertz CT molecular complexity index is 576. The molecule has 0 aliphatic carbocycles. The number of hydrogen-bond donors (Lipinski definition) is 1. The predicted molar refractivity (Wildman–Crippen MR) is 84.5 cm³/mol. The van der Waals surface area contributed by atoms with Crippen molar-refractivity contribution in [2.24, 2.45) is 0 Å². The van der Waals surface area contributed by atoms with E-state index in [0.29, 0.717) is 11.0 Å². The topological polar surface area (TPSA) is 125 Å². The van der Waals surface area contributed by atoms with Crippen molar-refractivity contribution in [3.05, 3.63) is 41.5 Å². The molecule has 10 nitrogen and oxygen atoms in total. The normalized spacial score (nSPS) is 12.7. The summed E-state index contributed by atoms with van der Waals surface area (Å²) in [6.45, 7) is 2.02. The van der Waals surface area contributed by atoms with Crippen molar-refractivity contribution in [1.82, 2.24) is 0 Å². The van der Waals surface area contributed by atoms with Gasteiger partial charge in [-0.3, -0.25) is 14.6 Å². The fraction of sp³-hybridized carbons (Fsp3) is 0.385. The van der Waals surface area contributed by atoms with E-state index in [2.05, 4.69) is 20.9 Å². The standard InChI is InChI=1S/C7H4NO4.C6H16NO4P.Y/c9-5-12-7-3-1-6(2-4-7)8(10)11;1-7(2,3)5-6-11-12(8,9)10-4;/h1-4H;4-6H2,1-3H3,(H,8,9);/q-1;;. The van der Waals surface area contributed by atoms with Crippen LogP contribution in [-0.2, 0) is 51.1 Å². The zero-order valence-corrected chi connectivity index (χ0v) is 17.9. The maximum absolute atomic E-state index is 10.7. The Morgan fingerprint density at radius 3 is 2.20 bits per heavy atom. The number of likely N-dealkylation sites (N-methyl/N-ethyl adjacent to an activating group) is 1. The molecular formula is C13H20N2O8PY-. The SMILES string of the molecule is O=[C-]Oc1ccc([N+](=O)[O-])cc1.[CH2-]OP(=O)(O)OCC[N+](C)(C)C.[Y]. The molecule has 0 aliphatic heterocycles. The molecule has 0 aromatic heterocycles. The Balaban J connectivity index is 0. The summed E-state index contributed by atoms with van der Waals surface area (Å²) >= 11 is 0. The van der Waals surface area contributed by atoms with Gasteiger partial charge in [-0.25, -0.2) is 11.7 Å². The second-order valence-corrected chi connectivity index (χ2v) is 6.83. The molecule has 1 unspecified atom stereocenters. The van der Waals surface area contributed by atoms with Crippen LogP contribution in [-0.4, -0.2) is 55.1 Å². The number of carbonyl (C=O) groups excluding carboxylic acids is 1. The van der Waals surface area contributed by atoms with Gasteiger partial charge in [-0.05, 0) is 5.75 Å². The van der Waals surface area contributed by atoms with E-state index >= 15 is 0 Å². The van der Waals surface area contributed by atoms with Gasteiger partial charge in [0.05, 0.1) is 26.1 Å². The molecule has 0 fully saturated rings. The van der Waals surface area contributed by atoms with Crippen LogP contribution in [0.2, 0.25) is 0 Å². The van der Waals surface area contributed by atoms with Crippen molar-refractivity contribution in [3.8, 4) is 5.75 Å². The van der Waals surface area contributed by atoms with Crippen molar-refractivity contribution in [2.45, 2.75) is 0 Å². The molecule has 25 heavy (non-hydrogen) atoms. The summed E-state index contributed by atoms with van der Waals surface area (Å²) < 4.78 is 24.2. The molecular weight excluding hydrogens is 432 g/mol. The van der Waals surface area contributed by atoms with E-state index in [9.17, 15) is 19.5 Å². The molecule has 0 saturated heterocycles. The van der Waals surface area contributed by atoms with Crippen molar-refractivity contribution < 1.29 is 70.2 Å². The van der Waals surface area contributed by atoms with Crippen LogP contribution < -0.4 is 4.74 Å². The van der Waals surface area contributed by atoms with Gasteiger partial charge >= 0.3 is 7.82 Å². The summed E-state index contributed by atoms with van der Waals surface area (Å²) in [5.41, 5.74) is -0.0479. The minimum atomic E-state index is -3.88. The number of hydrogen-bond acceptors (Lipinski definition) is 7. The molecule has 0 heterocycles. The number of non-ortho nitro benzene ring substituents is 1. The molecule has 1 aromatic carbocycles. The van der Waals surface area contributed by atoms with E-state index in [4.69, 9.17) is 4.89 Å². The number of ether oxygens (including phenoxy) is 1. The van der Waals surface area contributed by atoms with Crippen LogP contribution in [0.4, 0.5) is 5.69 Å². The van der Waals surface area contributed by atoms with Gasteiger partial charge in [-0.1, -0.05) is 12.1 Å². The zero-order valence-electron chi connectivity index (χ0n) is 14.2. The van der Waals surface area contributed by atoms with Crippen LogP contribution >= 0.6 is 7.82 Å². The summed E-state index contributed by atoms with van der Waals surface area (Å²) in [7, 11) is 4.81. The Labute approximate surface area is 171 Å². The van der Waals surface area contributed by atoms with Crippen molar-refractivity contribution in [2.75, 3.05) is 34.3 Å². The first kappa shape index (κ1) is 26.5. The van der Waals surface area contributed by atoms with Crippen LogP contribution in [0.5, 0.6) is 5.75 Å². The predicted octanol–water partition coefficient (Wildman–Crippen LogP) is 1.66. The summed E-state index contributed by atoms with van der Waals surface area (Å²) in [6.07, 6.45) is 0. The molecule has 0 aliphatic rings. The minimum Gasteiger partial charge on any atom is -0.610 e. The first-order valence-electron chi connectivity index (χ1n) is 6.51. The van der Waals surface area contributed by atoms with Gasteiger partial charge in [-0.15, -0.1) is 0 Å². The second-order valence-electron chi connectivity index (χ2n) is 5.38. The maximum atomic E-state index is 10.7. The van der Waals surface area contributed by atoms with E-state index < -0.39 is 12.7 Å². The molecule has 0 bridgehead atoms. The van der Waals surface area contributed by atoms with Crippen LogP contribution in [0.15, 0.2) is 24.3 Å². The number of quaternary nitrogens is 1. The Hall–Kier alpha value is -0.736. The number of phosphoric acid groups is 1. The van der Waals surface area contributed by atoms with Crippen LogP contribution in [0.25, 0.3) is 0 Å². The molecule has 0 amide bonds. The summed E-state index contributed by atoms with van der Waals surface area (Å²) in [6, 6.07) is 5.13. The van der Waals surface area contributed by atoms with Crippen LogP contribution in [0.3, 0.4) is 0 Å². The maximum Gasteiger partial charge on any atom is 0.441 e. The van der Waals surface area contributed by atoms with E-state index in [1.165, 1.54) is 30.7 Å². The number of nitro groups is 1. The molecule has 12 heteroatoms. The fourth-order valence-electron chi connectivity index (χ4n) is 1.15. The largest absolute Gasteiger partial charge is 0.610 e. The first-order valence-corrected chi connectivity index (χ1v) is 8.00. The van der Waals surface area contributed by atoms with Crippen molar-refractivity contribution in [1.29, 1.82) is 0 Å². The summed E-state index contributed by atoms with van der Waals surface area (Å²) in [5.74, 6) is 0.232. The van der Waals surface area contributed by atoms with E-state index in [-0.39, 0.29) is 50.8 Å². The molecule has 0 saturated carbocycles. The Morgan fingerprint density at radius 1 is 1.32 bits per heavy atom. The molecule has 1 aromatic rings. The Kier molecular flexibility index (Phi) is 13.3. The summed E-state index contributed by atoms with van der Waals surface area (Å²) in [4.78, 5) is 28.1. The van der Waals surface area contributed by atoms with Gasteiger partial charge in [0.15, 0.2) is 6.47 Å². The average molecular weight is 452 g/mol. The molecule has 1 N–H and O–H groups in total. The van der Waals surface area contributed by atoms with Crippen molar-refractivity contribution >= 4 is 20.0 Å². The Morgan fingerprint density at radius 2 is 1.84 bits per heavy atom. The van der Waals surface area contributed by atoms with Gasteiger partial charge < -0.3 is 23.4 Å². The molecule has 1 radical (unpaired) electrons. The van der Waals surface area contributed by atoms with Crippen LogP contribution in [0, 0.1) is 17.2 Å². The third kappa shape index (κ3) is 14.2. The molecule has 0 spiro atoms. The first-order chi connectivity index (χ1) is 11.0. The number of rotatable bonds is 8. The fourth-order valence-corrected chi connectivity index (χ4v) is 1.54. The van der Waals surface area contributed by atoms with Gasteiger partial charge in [0.1, 0.15) is 13.2 Å². The van der Waals surface area contributed by atoms with Gasteiger partial charge in [0.2, 0.25) is 0 Å². The van der Waals surface area contributed by atoms with Gasteiger partial charge in [0.25, 0.3) is 5.69 Å². The van der Waals surface area contributed by atoms with E-state index in [0.717, 1.165) is 0 Å². The number of phosphoric ester groups is 1. The summed E-state index contributed by atoms with van der Waals surface area (Å²) in [5, 5.41) is 10.2. The smallest absolute Gasteiger partial charge is 0.441 e. The van der Waals surface area contributed by atoms with Gasteiger partial charge in [-0.2, -0.15) is 0 Å². The monoisotopic (exact) mass is 452 g/mol. The quantitative estimate of drug-likeness (QED) is 0.208. The van der Waals surface area contributed by atoms with E-state index in [1.54, 1.807) is 0 Å². The van der Waals surface area contributed by atoms with Crippen LogP contribution in [0.1, 0.15) is 0 Å². The molecule has 1 atom stereocenters. The minimum absolute atomic E-state index is 0. The van der Waals surface area contributed by atoms with Crippen molar-refractivity contribution in [3.63, 3.8) is 0 Å². The second kappa shape index (κ2) is 12.6. The average Bonchev–Trinajstić information content (AvgIpc) is 2.47. The third-order valence-corrected chi connectivity index (χ3v) is 3.22. The van der Waals surface area contributed by atoms with E-state index in [1.807, 2.05) is 21.1 Å². The zero-order chi connectivity index (χ0) is 18.8. The van der Waals surface area contributed by atoms with Gasteiger partial charge in [0, 0.05) is 44.8 Å². The number of nitrogens with zero attached hydrogens (tertiary/aromatic N) is 2. The number of benzene rings is 1. The number of nitro benzene ring substituents is 1. The third-order valence-electron chi connectivity index (χ3n) is 2.39. The molecule has 1 rings (SSSR count). The molecule has 139 valence electrons.